The molecule has 1 aromatic heterocycles. The van der Waals surface area contributed by atoms with Gasteiger partial charge in [-0.2, -0.15) is 0 Å². The minimum absolute atomic E-state index is 0.0538. The van der Waals surface area contributed by atoms with Gasteiger partial charge in [0, 0.05) is 24.7 Å². The van der Waals surface area contributed by atoms with Gasteiger partial charge in [0.25, 0.3) is 10.0 Å². The zero-order chi connectivity index (χ0) is 14.1. The molecule has 0 unspecified atom stereocenters. The van der Waals surface area contributed by atoms with Crippen LogP contribution < -0.4 is 4.72 Å². The van der Waals surface area contributed by atoms with E-state index in [1.165, 1.54) is 12.5 Å². The Hall–Kier alpha value is -0.590. The van der Waals surface area contributed by atoms with Gasteiger partial charge in [0.15, 0.2) is 5.03 Å². The van der Waals surface area contributed by atoms with Gasteiger partial charge in [0.2, 0.25) is 0 Å². The molecule has 1 fully saturated rings. The van der Waals surface area contributed by atoms with Crippen molar-refractivity contribution in [3.63, 3.8) is 0 Å². The highest BCUT2D eigenvalue weighted by Crippen LogP contribution is 2.33. The fraction of sp³-hybridized carbons (Fsp3) is 0.750. The highest BCUT2D eigenvalue weighted by atomic mass is 35.5. The van der Waals surface area contributed by atoms with Gasteiger partial charge in [0.1, 0.15) is 0 Å². The summed E-state index contributed by atoms with van der Waals surface area (Å²) >= 11 is 6.03. The van der Waals surface area contributed by atoms with Gasteiger partial charge in [0.05, 0.1) is 6.33 Å². The molecule has 1 saturated carbocycles. The summed E-state index contributed by atoms with van der Waals surface area (Å²) in [6, 6.07) is 0. The number of rotatable bonds is 4. The van der Waals surface area contributed by atoms with Crippen LogP contribution in [0.1, 0.15) is 32.6 Å². The average molecular weight is 306 g/mol. The van der Waals surface area contributed by atoms with Gasteiger partial charge in [-0.25, -0.2) is 18.1 Å². The average Bonchev–Trinajstić information content (AvgIpc) is 2.80. The number of aromatic nitrogens is 2. The summed E-state index contributed by atoms with van der Waals surface area (Å²) in [5, 5.41) is 0.0538. The number of imidazole rings is 1. The topological polar surface area (TPSA) is 64.0 Å². The summed E-state index contributed by atoms with van der Waals surface area (Å²) < 4.78 is 29.0. The van der Waals surface area contributed by atoms with E-state index >= 15 is 0 Å². The van der Waals surface area contributed by atoms with E-state index in [1.54, 1.807) is 11.6 Å². The number of nitrogens with one attached hydrogen (secondary N) is 1. The van der Waals surface area contributed by atoms with E-state index in [2.05, 4.69) is 16.6 Å². The van der Waals surface area contributed by atoms with Crippen LogP contribution in [-0.4, -0.2) is 29.4 Å². The van der Waals surface area contributed by atoms with Gasteiger partial charge < -0.3 is 4.57 Å². The highest BCUT2D eigenvalue weighted by Gasteiger charge is 2.38. The zero-order valence-electron chi connectivity index (χ0n) is 11.3. The lowest BCUT2D eigenvalue weighted by Crippen LogP contribution is -2.52. The fourth-order valence-corrected chi connectivity index (χ4v) is 4.30. The molecule has 5 nitrogen and oxygen atoms in total. The summed E-state index contributed by atoms with van der Waals surface area (Å²) in [6.45, 7) is 2.19. The second kappa shape index (κ2) is 5.42. The van der Waals surface area contributed by atoms with Gasteiger partial charge in [-0.05, 0) is 31.6 Å². The Morgan fingerprint density at radius 2 is 2.16 bits per heavy atom. The minimum Gasteiger partial charge on any atom is -0.339 e. The maximum absolute atomic E-state index is 12.3. The second-order valence-electron chi connectivity index (χ2n) is 5.58. The van der Waals surface area contributed by atoms with E-state index in [1.807, 2.05) is 0 Å². The second-order valence-corrected chi connectivity index (χ2v) is 7.48. The maximum atomic E-state index is 12.3. The van der Waals surface area contributed by atoms with Crippen LogP contribution in [0.15, 0.2) is 17.6 Å². The van der Waals surface area contributed by atoms with Crippen molar-refractivity contribution in [3.8, 4) is 0 Å². The third-order valence-electron chi connectivity index (χ3n) is 3.79. The summed E-state index contributed by atoms with van der Waals surface area (Å²) in [7, 11) is -1.85. The van der Waals surface area contributed by atoms with Crippen LogP contribution in [0.4, 0.5) is 0 Å². The van der Waals surface area contributed by atoms with Crippen molar-refractivity contribution < 1.29 is 8.42 Å². The molecule has 1 N–H and O–H groups in total. The Bertz CT molecular complexity index is 533. The van der Waals surface area contributed by atoms with Gasteiger partial charge in [-0.15, -0.1) is 11.6 Å². The van der Waals surface area contributed by atoms with E-state index in [0.29, 0.717) is 11.8 Å². The molecule has 108 valence electrons. The number of sulfonamides is 1. The molecule has 1 heterocycles. The molecule has 0 radical (unpaired) electrons. The molecule has 1 aliphatic carbocycles. The van der Waals surface area contributed by atoms with Crippen molar-refractivity contribution in [2.45, 2.75) is 43.2 Å². The van der Waals surface area contributed by atoms with Crippen molar-refractivity contribution in [1.29, 1.82) is 0 Å². The normalized spacial score (nSPS) is 28.5. The van der Waals surface area contributed by atoms with Crippen molar-refractivity contribution in [1.82, 2.24) is 14.3 Å². The van der Waals surface area contributed by atoms with E-state index in [4.69, 9.17) is 11.6 Å². The smallest absolute Gasteiger partial charge is 0.260 e. The van der Waals surface area contributed by atoms with Gasteiger partial charge in [-0.3, -0.25) is 0 Å². The summed E-state index contributed by atoms with van der Waals surface area (Å²) in [5.41, 5.74) is -0.523. The SMILES string of the molecule is CC1CCC(CCl)(NS(=O)(=O)c2cn(C)cn2)CC1. The lowest BCUT2D eigenvalue weighted by Gasteiger charge is -2.38. The largest absolute Gasteiger partial charge is 0.339 e. The molecule has 19 heavy (non-hydrogen) atoms. The Kier molecular flexibility index (Phi) is 4.23. The number of alkyl halides is 1. The Morgan fingerprint density at radius 3 is 2.63 bits per heavy atom. The molecule has 0 bridgehead atoms. The summed E-state index contributed by atoms with van der Waals surface area (Å²) in [5.74, 6) is 0.932. The van der Waals surface area contributed by atoms with E-state index < -0.39 is 15.6 Å². The lowest BCUT2D eigenvalue weighted by molar-refractivity contribution is 0.247. The van der Waals surface area contributed by atoms with Crippen LogP contribution in [0.2, 0.25) is 0 Å². The predicted octanol–water partition coefficient (Wildman–Crippen LogP) is 1.89. The van der Waals surface area contributed by atoms with Crippen molar-refractivity contribution in [3.05, 3.63) is 12.5 Å². The molecule has 0 saturated heterocycles. The molecule has 0 atom stereocenters. The Balaban J connectivity index is 2.18. The minimum atomic E-state index is -3.59. The zero-order valence-corrected chi connectivity index (χ0v) is 12.8. The monoisotopic (exact) mass is 305 g/mol. The maximum Gasteiger partial charge on any atom is 0.260 e. The number of hydrogen-bond donors (Lipinski definition) is 1. The highest BCUT2D eigenvalue weighted by molar-refractivity contribution is 7.89. The first kappa shape index (κ1) is 14.8. The molecule has 0 amide bonds. The van der Waals surface area contributed by atoms with E-state index in [0.717, 1.165) is 25.7 Å². The molecule has 1 aliphatic rings. The molecule has 0 aliphatic heterocycles. The van der Waals surface area contributed by atoms with Crippen LogP contribution in [0.25, 0.3) is 0 Å². The van der Waals surface area contributed by atoms with Gasteiger partial charge >= 0.3 is 0 Å². The third kappa shape index (κ3) is 3.30. The first-order chi connectivity index (χ1) is 8.87. The number of hydrogen-bond acceptors (Lipinski definition) is 3. The predicted molar refractivity (Wildman–Crippen MR) is 74.6 cm³/mol. The van der Waals surface area contributed by atoms with Crippen molar-refractivity contribution >= 4 is 21.6 Å². The third-order valence-corrected chi connectivity index (χ3v) is 5.77. The van der Waals surface area contributed by atoms with Crippen LogP contribution in [0.5, 0.6) is 0 Å². The Morgan fingerprint density at radius 1 is 1.53 bits per heavy atom. The van der Waals surface area contributed by atoms with Crippen LogP contribution in [0.3, 0.4) is 0 Å². The molecule has 7 heteroatoms. The summed E-state index contributed by atoms with van der Waals surface area (Å²) in [6.07, 6.45) is 6.53. The van der Waals surface area contributed by atoms with E-state index in [-0.39, 0.29) is 5.03 Å². The van der Waals surface area contributed by atoms with Crippen LogP contribution >= 0.6 is 11.6 Å². The molecule has 1 aromatic rings. The number of halogens is 1. The summed E-state index contributed by atoms with van der Waals surface area (Å²) in [4.78, 5) is 3.90. The lowest BCUT2D eigenvalue weighted by atomic mass is 9.79. The quantitative estimate of drug-likeness (QED) is 0.864. The fourth-order valence-electron chi connectivity index (χ4n) is 2.44. The van der Waals surface area contributed by atoms with Crippen molar-refractivity contribution in [2.75, 3.05) is 5.88 Å². The first-order valence-electron chi connectivity index (χ1n) is 6.45. The first-order valence-corrected chi connectivity index (χ1v) is 8.47. The van der Waals surface area contributed by atoms with Crippen LogP contribution in [-0.2, 0) is 17.1 Å². The standard InChI is InChI=1S/C12H20ClN3O2S/c1-10-3-5-12(8-13,6-4-10)15-19(17,18)11-7-16(2)9-14-11/h7,9-10,15H,3-6,8H2,1-2H3. The molecule has 0 aromatic carbocycles. The molecular weight excluding hydrogens is 286 g/mol. The van der Waals surface area contributed by atoms with E-state index in [9.17, 15) is 8.42 Å². The molecule has 0 spiro atoms. The molecular formula is C12H20ClN3O2S. The Labute approximate surface area is 119 Å². The molecule has 2 rings (SSSR count). The van der Waals surface area contributed by atoms with Gasteiger partial charge in [-0.1, -0.05) is 6.92 Å². The number of nitrogens with zero attached hydrogens (tertiary/aromatic N) is 2. The van der Waals surface area contributed by atoms with Crippen LogP contribution in [0, 0.1) is 5.92 Å². The number of aryl methyl sites for hydroxylation is 1. The van der Waals surface area contributed by atoms with Crippen molar-refractivity contribution in [2.24, 2.45) is 13.0 Å².